The van der Waals surface area contributed by atoms with Crippen molar-refractivity contribution in [2.45, 2.75) is 4.21 Å². The quantitative estimate of drug-likeness (QED) is 0.754. The SMILES string of the molecule is CSc1cc2[nH]c(C(=O)O)cc2s1. The van der Waals surface area contributed by atoms with Crippen LogP contribution in [-0.2, 0) is 0 Å². The Kier molecular flexibility index (Phi) is 2.05. The number of nitrogens with one attached hydrogen (secondary N) is 1. The highest BCUT2D eigenvalue weighted by Gasteiger charge is 2.09. The van der Waals surface area contributed by atoms with Crippen LogP contribution in [0.1, 0.15) is 10.5 Å². The van der Waals surface area contributed by atoms with E-state index >= 15 is 0 Å². The fourth-order valence-corrected chi connectivity index (χ4v) is 2.74. The van der Waals surface area contributed by atoms with Crippen molar-refractivity contribution < 1.29 is 9.90 Å². The highest BCUT2D eigenvalue weighted by molar-refractivity contribution is 8.00. The Hall–Kier alpha value is -0.940. The van der Waals surface area contributed by atoms with E-state index in [9.17, 15) is 4.79 Å². The molecule has 0 fully saturated rings. The molecule has 2 rings (SSSR count). The van der Waals surface area contributed by atoms with Gasteiger partial charge in [-0.25, -0.2) is 4.79 Å². The van der Waals surface area contributed by atoms with E-state index in [4.69, 9.17) is 5.11 Å². The summed E-state index contributed by atoms with van der Waals surface area (Å²) in [5.41, 5.74) is 1.17. The average molecular weight is 213 g/mol. The first-order valence-electron chi connectivity index (χ1n) is 3.60. The normalized spacial score (nSPS) is 10.8. The number of aromatic nitrogens is 1. The first-order chi connectivity index (χ1) is 6.20. The molecule has 0 amide bonds. The third-order valence-electron chi connectivity index (χ3n) is 1.71. The van der Waals surface area contributed by atoms with Crippen LogP contribution in [0.3, 0.4) is 0 Å². The van der Waals surface area contributed by atoms with Gasteiger partial charge in [-0.15, -0.1) is 23.1 Å². The smallest absolute Gasteiger partial charge is 0.352 e. The number of hydrogen-bond donors (Lipinski definition) is 2. The minimum atomic E-state index is -0.908. The molecule has 2 heterocycles. The molecule has 0 radical (unpaired) electrons. The van der Waals surface area contributed by atoms with E-state index in [-0.39, 0.29) is 5.69 Å². The van der Waals surface area contributed by atoms with E-state index in [0.717, 1.165) is 10.2 Å². The van der Waals surface area contributed by atoms with Crippen LogP contribution in [-0.4, -0.2) is 22.3 Å². The standard InChI is InChI=1S/C8H7NO2S2/c1-12-7-3-4-6(13-7)2-5(9-4)8(10)11/h2-3,9H,1H3,(H,10,11). The predicted molar refractivity (Wildman–Crippen MR) is 54.9 cm³/mol. The van der Waals surface area contributed by atoms with E-state index in [1.807, 2.05) is 12.3 Å². The zero-order chi connectivity index (χ0) is 9.42. The van der Waals surface area contributed by atoms with Crippen LogP contribution < -0.4 is 0 Å². The fraction of sp³-hybridized carbons (Fsp3) is 0.125. The van der Waals surface area contributed by atoms with Crippen molar-refractivity contribution in [3.8, 4) is 0 Å². The van der Waals surface area contributed by atoms with Gasteiger partial charge in [0.1, 0.15) is 5.69 Å². The third-order valence-corrected chi connectivity index (χ3v) is 3.86. The summed E-state index contributed by atoms with van der Waals surface area (Å²) in [6.45, 7) is 0. The lowest BCUT2D eigenvalue weighted by molar-refractivity contribution is 0.0691. The summed E-state index contributed by atoms with van der Waals surface area (Å²) in [4.78, 5) is 13.4. The minimum Gasteiger partial charge on any atom is -0.477 e. The number of rotatable bonds is 2. The zero-order valence-electron chi connectivity index (χ0n) is 6.83. The minimum absolute atomic E-state index is 0.258. The number of aromatic carboxylic acids is 1. The second-order valence-electron chi connectivity index (χ2n) is 2.54. The van der Waals surface area contributed by atoms with Gasteiger partial charge in [0.15, 0.2) is 0 Å². The van der Waals surface area contributed by atoms with Crippen LogP contribution in [0.5, 0.6) is 0 Å². The molecule has 0 unspecified atom stereocenters. The lowest BCUT2D eigenvalue weighted by atomic mass is 10.4. The number of H-pyrrole nitrogens is 1. The number of carbonyl (C=O) groups is 1. The number of carboxylic acid groups (broad SMARTS) is 1. The molecule has 3 nitrogen and oxygen atoms in total. The molecule has 2 N–H and O–H groups in total. The van der Waals surface area contributed by atoms with Crippen LogP contribution in [0.4, 0.5) is 0 Å². The summed E-state index contributed by atoms with van der Waals surface area (Å²) in [7, 11) is 0. The number of aromatic amines is 1. The van der Waals surface area contributed by atoms with Gasteiger partial charge in [0.05, 0.1) is 14.4 Å². The lowest BCUT2D eigenvalue weighted by Crippen LogP contribution is -1.94. The molecule has 0 aliphatic heterocycles. The van der Waals surface area contributed by atoms with Gasteiger partial charge >= 0.3 is 5.97 Å². The summed E-state index contributed by atoms with van der Waals surface area (Å²) in [6.07, 6.45) is 2.00. The van der Waals surface area contributed by atoms with Crippen molar-refractivity contribution in [2.75, 3.05) is 6.26 Å². The molecule has 0 aliphatic carbocycles. The number of thioether (sulfide) groups is 1. The third kappa shape index (κ3) is 1.45. The molecule has 5 heteroatoms. The summed E-state index contributed by atoms with van der Waals surface area (Å²) in [5.74, 6) is -0.908. The zero-order valence-corrected chi connectivity index (χ0v) is 8.46. The molecular formula is C8H7NO2S2. The van der Waals surface area contributed by atoms with E-state index in [1.54, 1.807) is 29.2 Å². The number of thiophene rings is 1. The van der Waals surface area contributed by atoms with Crippen molar-refractivity contribution in [1.82, 2.24) is 4.98 Å². The monoisotopic (exact) mass is 213 g/mol. The van der Waals surface area contributed by atoms with Crippen molar-refractivity contribution in [2.24, 2.45) is 0 Å². The Morgan fingerprint density at radius 1 is 1.62 bits per heavy atom. The van der Waals surface area contributed by atoms with Crippen molar-refractivity contribution in [3.63, 3.8) is 0 Å². The Balaban J connectivity index is 2.54. The summed E-state index contributed by atoms with van der Waals surface area (Å²) >= 11 is 3.27. The maximum Gasteiger partial charge on any atom is 0.352 e. The molecule has 0 saturated carbocycles. The first kappa shape index (κ1) is 8.65. The van der Waals surface area contributed by atoms with E-state index in [1.165, 1.54) is 4.21 Å². The van der Waals surface area contributed by atoms with Crippen LogP contribution in [0.15, 0.2) is 16.3 Å². The molecular weight excluding hydrogens is 206 g/mol. The highest BCUT2D eigenvalue weighted by atomic mass is 32.2. The molecule has 0 atom stereocenters. The second-order valence-corrected chi connectivity index (χ2v) is 4.73. The van der Waals surface area contributed by atoms with Gasteiger partial charge in [0.25, 0.3) is 0 Å². The average Bonchev–Trinajstić information content (AvgIpc) is 2.58. The summed E-state index contributed by atoms with van der Waals surface area (Å²) in [6, 6.07) is 3.64. The lowest BCUT2D eigenvalue weighted by Gasteiger charge is -1.85. The van der Waals surface area contributed by atoms with Crippen LogP contribution in [0, 0.1) is 0 Å². The van der Waals surface area contributed by atoms with Gasteiger partial charge in [-0.2, -0.15) is 0 Å². The topological polar surface area (TPSA) is 53.1 Å². The van der Waals surface area contributed by atoms with E-state index in [2.05, 4.69) is 4.98 Å². The fourth-order valence-electron chi connectivity index (χ4n) is 1.11. The Bertz CT molecular complexity index is 426. The maximum absolute atomic E-state index is 10.6. The Morgan fingerprint density at radius 3 is 2.92 bits per heavy atom. The molecule has 68 valence electrons. The summed E-state index contributed by atoms with van der Waals surface area (Å²) < 4.78 is 2.19. The van der Waals surface area contributed by atoms with E-state index in [0.29, 0.717) is 0 Å². The van der Waals surface area contributed by atoms with Crippen LogP contribution in [0.2, 0.25) is 0 Å². The van der Waals surface area contributed by atoms with Crippen molar-refractivity contribution >= 4 is 39.3 Å². The van der Waals surface area contributed by atoms with Gasteiger partial charge in [0.2, 0.25) is 0 Å². The van der Waals surface area contributed by atoms with E-state index < -0.39 is 5.97 Å². The Morgan fingerprint density at radius 2 is 2.38 bits per heavy atom. The number of hydrogen-bond acceptors (Lipinski definition) is 3. The van der Waals surface area contributed by atoms with Crippen LogP contribution >= 0.6 is 23.1 Å². The first-order valence-corrected chi connectivity index (χ1v) is 5.64. The molecule has 0 spiro atoms. The molecule has 13 heavy (non-hydrogen) atoms. The predicted octanol–water partition coefficient (Wildman–Crippen LogP) is 2.65. The summed E-state index contributed by atoms with van der Waals surface area (Å²) in [5, 5.41) is 8.70. The molecule has 2 aromatic heterocycles. The van der Waals surface area contributed by atoms with Gasteiger partial charge in [0, 0.05) is 0 Å². The van der Waals surface area contributed by atoms with Gasteiger partial charge in [-0.05, 0) is 18.4 Å². The van der Waals surface area contributed by atoms with Gasteiger partial charge in [-0.3, -0.25) is 0 Å². The Labute approximate surface area is 82.8 Å². The second kappa shape index (κ2) is 3.08. The van der Waals surface area contributed by atoms with Crippen molar-refractivity contribution in [3.05, 3.63) is 17.8 Å². The highest BCUT2D eigenvalue weighted by Crippen LogP contribution is 2.31. The number of fused-ring (bicyclic) bond motifs is 1. The van der Waals surface area contributed by atoms with Gasteiger partial charge in [-0.1, -0.05) is 0 Å². The van der Waals surface area contributed by atoms with Crippen LogP contribution in [0.25, 0.3) is 10.2 Å². The molecule has 0 aromatic carbocycles. The molecule has 0 saturated heterocycles. The molecule has 0 bridgehead atoms. The maximum atomic E-state index is 10.6. The van der Waals surface area contributed by atoms with Crippen molar-refractivity contribution in [1.29, 1.82) is 0 Å². The largest absolute Gasteiger partial charge is 0.477 e. The number of carboxylic acids is 1. The molecule has 0 aliphatic rings. The van der Waals surface area contributed by atoms with Gasteiger partial charge < -0.3 is 10.1 Å². The molecule has 2 aromatic rings.